The number of ether oxygens (including phenoxy) is 2. The standard InChI is InChI=1S/C17H20N4O5S/c1-4-24-12-6-7-16(25-5-2)14(8-12)21-27(22,23)13-9-15(18-10-13)17-20-19-11(3)26-17/h6-10,18,21H,4-5H2,1-3H3. The van der Waals surface area contributed by atoms with Crippen LogP contribution in [-0.4, -0.2) is 36.8 Å². The number of sulfonamides is 1. The Balaban J connectivity index is 1.90. The quantitative estimate of drug-likeness (QED) is 0.605. The molecule has 0 saturated heterocycles. The van der Waals surface area contributed by atoms with Crippen molar-refractivity contribution in [1.29, 1.82) is 0 Å². The van der Waals surface area contributed by atoms with E-state index in [1.165, 1.54) is 12.3 Å². The van der Waals surface area contributed by atoms with Gasteiger partial charge in [-0.05, 0) is 32.0 Å². The van der Waals surface area contributed by atoms with E-state index in [1.807, 2.05) is 13.8 Å². The van der Waals surface area contributed by atoms with Crippen LogP contribution in [0.3, 0.4) is 0 Å². The van der Waals surface area contributed by atoms with E-state index in [4.69, 9.17) is 13.9 Å². The van der Waals surface area contributed by atoms with Crippen LogP contribution in [-0.2, 0) is 10.0 Å². The monoisotopic (exact) mass is 392 g/mol. The van der Waals surface area contributed by atoms with Crippen molar-refractivity contribution in [3.05, 3.63) is 36.4 Å². The van der Waals surface area contributed by atoms with E-state index in [0.717, 1.165) is 0 Å². The minimum Gasteiger partial charge on any atom is -0.494 e. The van der Waals surface area contributed by atoms with Crippen molar-refractivity contribution in [2.45, 2.75) is 25.7 Å². The van der Waals surface area contributed by atoms with Crippen molar-refractivity contribution in [3.63, 3.8) is 0 Å². The second-order valence-corrected chi connectivity index (χ2v) is 7.19. The molecule has 0 aliphatic rings. The Morgan fingerprint density at radius 3 is 2.59 bits per heavy atom. The Kier molecular flexibility index (Phi) is 5.36. The van der Waals surface area contributed by atoms with Crippen LogP contribution in [0.1, 0.15) is 19.7 Å². The Labute approximate surface area is 156 Å². The van der Waals surface area contributed by atoms with Crippen LogP contribution in [0.4, 0.5) is 5.69 Å². The molecule has 0 radical (unpaired) electrons. The van der Waals surface area contributed by atoms with E-state index in [2.05, 4.69) is 19.9 Å². The summed E-state index contributed by atoms with van der Waals surface area (Å²) in [6.07, 6.45) is 1.35. The molecule has 0 spiro atoms. The molecule has 144 valence electrons. The van der Waals surface area contributed by atoms with Crippen LogP contribution in [0.25, 0.3) is 11.6 Å². The van der Waals surface area contributed by atoms with Gasteiger partial charge in [0, 0.05) is 19.2 Å². The fourth-order valence-electron chi connectivity index (χ4n) is 2.39. The molecular formula is C17H20N4O5S. The second kappa shape index (κ2) is 7.70. The van der Waals surface area contributed by atoms with E-state index in [9.17, 15) is 8.42 Å². The van der Waals surface area contributed by atoms with Crippen LogP contribution in [0, 0.1) is 6.92 Å². The normalized spacial score (nSPS) is 11.4. The van der Waals surface area contributed by atoms with Crippen molar-refractivity contribution < 1.29 is 22.3 Å². The van der Waals surface area contributed by atoms with Crippen LogP contribution >= 0.6 is 0 Å². The Bertz CT molecular complexity index is 1030. The summed E-state index contributed by atoms with van der Waals surface area (Å²) in [6, 6.07) is 6.39. The Hall–Kier alpha value is -3.01. The predicted molar refractivity (Wildman–Crippen MR) is 98.4 cm³/mol. The second-order valence-electron chi connectivity index (χ2n) is 5.50. The molecule has 1 aromatic carbocycles. The summed E-state index contributed by atoms with van der Waals surface area (Å²) >= 11 is 0. The summed E-state index contributed by atoms with van der Waals surface area (Å²) in [7, 11) is -3.87. The lowest BCUT2D eigenvalue weighted by Crippen LogP contribution is -2.13. The molecule has 0 fully saturated rings. The SMILES string of the molecule is CCOc1ccc(OCC)c(NS(=O)(=O)c2c[nH]c(-c3nnc(C)o3)c2)c1. The molecule has 2 N–H and O–H groups in total. The fraction of sp³-hybridized carbons (Fsp3) is 0.294. The molecule has 3 aromatic rings. The first-order valence-corrected chi connectivity index (χ1v) is 9.82. The number of aryl methyl sites for hydroxylation is 1. The zero-order valence-electron chi connectivity index (χ0n) is 15.1. The topological polar surface area (TPSA) is 119 Å². The van der Waals surface area contributed by atoms with E-state index in [-0.39, 0.29) is 10.8 Å². The molecule has 3 rings (SSSR count). The predicted octanol–water partition coefficient (Wildman–Crippen LogP) is 2.97. The molecule has 2 aromatic heterocycles. The highest BCUT2D eigenvalue weighted by Gasteiger charge is 2.21. The molecule has 10 heteroatoms. The van der Waals surface area contributed by atoms with Gasteiger partial charge >= 0.3 is 0 Å². The van der Waals surface area contributed by atoms with Crippen molar-refractivity contribution >= 4 is 15.7 Å². The largest absolute Gasteiger partial charge is 0.494 e. The number of benzene rings is 1. The third kappa shape index (κ3) is 4.22. The van der Waals surface area contributed by atoms with Gasteiger partial charge in [-0.1, -0.05) is 0 Å². The first-order valence-electron chi connectivity index (χ1n) is 8.34. The van der Waals surface area contributed by atoms with Gasteiger partial charge in [0.25, 0.3) is 15.9 Å². The minimum absolute atomic E-state index is 0.0256. The number of nitrogens with zero attached hydrogens (tertiary/aromatic N) is 2. The van der Waals surface area contributed by atoms with Gasteiger partial charge in [-0.3, -0.25) is 4.72 Å². The molecule has 2 heterocycles. The smallest absolute Gasteiger partial charge is 0.264 e. The molecule has 0 aliphatic heterocycles. The van der Waals surface area contributed by atoms with E-state index in [1.54, 1.807) is 25.1 Å². The molecule has 0 unspecified atom stereocenters. The van der Waals surface area contributed by atoms with Crippen LogP contribution < -0.4 is 14.2 Å². The molecule has 0 aliphatic carbocycles. The Morgan fingerprint density at radius 1 is 1.15 bits per heavy atom. The number of aromatic amines is 1. The summed E-state index contributed by atoms with van der Waals surface area (Å²) in [4.78, 5) is 2.85. The highest BCUT2D eigenvalue weighted by molar-refractivity contribution is 7.92. The van der Waals surface area contributed by atoms with Gasteiger partial charge in [-0.2, -0.15) is 0 Å². The number of rotatable bonds is 8. The first-order chi connectivity index (χ1) is 12.9. The van der Waals surface area contributed by atoms with E-state index >= 15 is 0 Å². The lowest BCUT2D eigenvalue weighted by atomic mass is 10.3. The zero-order chi connectivity index (χ0) is 19.4. The zero-order valence-corrected chi connectivity index (χ0v) is 16.0. The van der Waals surface area contributed by atoms with Crippen LogP contribution in [0.15, 0.2) is 39.8 Å². The third-order valence-electron chi connectivity index (χ3n) is 3.53. The van der Waals surface area contributed by atoms with Crippen molar-refractivity contribution in [3.8, 4) is 23.1 Å². The molecule has 0 atom stereocenters. The summed E-state index contributed by atoms with van der Waals surface area (Å²) in [5, 5.41) is 7.60. The fourth-order valence-corrected chi connectivity index (χ4v) is 3.44. The highest BCUT2D eigenvalue weighted by Crippen LogP contribution is 2.32. The average molecular weight is 392 g/mol. The first kappa shape index (κ1) is 18.8. The minimum atomic E-state index is -3.87. The Morgan fingerprint density at radius 2 is 1.93 bits per heavy atom. The maximum atomic E-state index is 12.8. The van der Waals surface area contributed by atoms with Gasteiger partial charge in [-0.15, -0.1) is 10.2 Å². The van der Waals surface area contributed by atoms with Gasteiger partial charge in [0.2, 0.25) is 5.89 Å². The van der Waals surface area contributed by atoms with Crippen LogP contribution in [0.5, 0.6) is 11.5 Å². The molecular weight excluding hydrogens is 372 g/mol. The maximum Gasteiger partial charge on any atom is 0.264 e. The van der Waals surface area contributed by atoms with Gasteiger partial charge in [0.15, 0.2) is 0 Å². The van der Waals surface area contributed by atoms with Crippen molar-refractivity contribution in [2.75, 3.05) is 17.9 Å². The lowest BCUT2D eigenvalue weighted by Gasteiger charge is -2.14. The number of H-pyrrole nitrogens is 1. The number of nitrogens with one attached hydrogen (secondary N) is 2. The van der Waals surface area contributed by atoms with Gasteiger partial charge in [0.1, 0.15) is 22.1 Å². The van der Waals surface area contributed by atoms with Crippen molar-refractivity contribution in [2.24, 2.45) is 0 Å². The third-order valence-corrected chi connectivity index (χ3v) is 4.87. The molecule has 27 heavy (non-hydrogen) atoms. The maximum absolute atomic E-state index is 12.8. The van der Waals surface area contributed by atoms with Crippen molar-refractivity contribution in [1.82, 2.24) is 15.2 Å². The van der Waals surface area contributed by atoms with Gasteiger partial charge in [0.05, 0.1) is 18.9 Å². The summed E-state index contributed by atoms with van der Waals surface area (Å²) < 4.78 is 44.4. The molecule has 0 saturated carbocycles. The van der Waals surface area contributed by atoms with Gasteiger partial charge < -0.3 is 18.9 Å². The van der Waals surface area contributed by atoms with Gasteiger partial charge in [-0.25, -0.2) is 8.42 Å². The van der Waals surface area contributed by atoms with E-state index < -0.39 is 10.0 Å². The highest BCUT2D eigenvalue weighted by atomic mass is 32.2. The molecule has 9 nitrogen and oxygen atoms in total. The molecule has 0 bridgehead atoms. The summed E-state index contributed by atoms with van der Waals surface area (Å²) in [5.74, 6) is 1.54. The molecule has 0 amide bonds. The van der Waals surface area contributed by atoms with E-state index in [0.29, 0.717) is 42.0 Å². The average Bonchev–Trinajstić information content (AvgIpc) is 3.26. The number of hydrogen-bond acceptors (Lipinski definition) is 7. The number of anilines is 1. The number of aromatic nitrogens is 3. The van der Waals surface area contributed by atoms with Crippen LogP contribution in [0.2, 0.25) is 0 Å². The summed E-state index contributed by atoms with van der Waals surface area (Å²) in [5.41, 5.74) is 0.697. The lowest BCUT2D eigenvalue weighted by molar-refractivity contribution is 0.332. The number of hydrogen-bond donors (Lipinski definition) is 2. The summed E-state index contributed by atoms with van der Waals surface area (Å²) in [6.45, 7) is 6.18.